The Balaban J connectivity index is 2.73. The van der Waals surface area contributed by atoms with Gasteiger partial charge in [0.1, 0.15) is 0 Å². The lowest BCUT2D eigenvalue weighted by molar-refractivity contribution is -0.156. The second-order valence-electron chi connectivity index (χ2n) is 6.29. The van der Waals surface area contributed by atoms with Gasteiger partial charge in [-0.15, -0.1) is 13.2 Å². The van der Waals surface area contributed by atoms with Crippen molar-refractivity contribution < 1.29 is 13.2 Å². The smallest absolute Gasteiger partial charge is 0.218 e. The highest BCUT2D eigenvalue weighted by Gasteiger charge is 2.29. The maximum absolute atomic E-state index is 12.2. The molecule has 1 aliphatic rings. The SMILES string of the molecule is CC(C)(C)CC(=NNC(F)(F)F)C1CCCCC1. The molecule has 0 heterocycles. The van der Waals surface area contributed by atoms with Gasteiger partial charge in [0.05, 0.1) is 0 Å². The number of hydrogen-bond donors (Lipinski definition) is 1. The third-order valence-corrected chi connectivity index (χ3v) is 3.11. The van der Waals surface area contributed by atoms with E-state index in [-0.39, 0.29) is 11.3 Å². The molecule has 1 rings (SSSR count). The van der Waals surface area contributed by atoms with Crippen molar-refractivity contribution in [3.63, 3.8) is 0 Å². The van der Waals surface area contributed by atoms with Gasteiger partial charge in [0.25, 0.3) is 0 Å². The van der Waals surface area contributed by atoms with Crippen molar-refractivity contribution >= 4 is 5.71 Å². The van der Waals surface area contributed by atoms with Crippen LogP contribution >= 0.6 is 0 Å². The molecule has 1 N–H and O–H groups in total. The number of nitrogens with zero attached hydrogens (tertiary/aromatic N) is 1. The van der Waals surface area contributed by atoms with E-state index >= 15 is 0 Å². The summed E-state index contributed by atoms with van der Waals surface area (Å²) in [6.45, 7) is 6.08. The Labute approximate surface area is 107 Å². The number of halogens is 3. The molecular weight excluding hydrogens is 241 g/mol. The third-order valence-electron chi connectivity index (χ3n) is 3.11. The third kappa shape index (κ3) is 6.26. The molecule has 5 heteroatoms. The Morgan fingerprint density at radius 2 is 1.67 bits per heavy atom. The zero-order valence-corrected chi connectivity index (χ0v) is 11.4. The largest absolute Gasteiger partial charge is 0.497 e. The van der Waals surface area contributed by atoms with Crippen LogP contribution in [0, 0.1) is 11.3 Å². The number of hydrazone groups is 1. The highest BCUT2D eigenvalue weighted by atomic mass is 19.4. The molecule has 0 unspecified atom stereocenters. The average Bonchev–Trinajstić information content (AvgIpc) is 2.23. The quantitative estimate of drug-likeness (QED) is 0.454. The standard InChI is InChI=1S/C13H23F3N2/c1-12(2,3)9-11(17-18-13(14,15)16)10-7-5-4-6-8-10/h10,18H,4-9H2,1-3H3. The Morgan fingerprint density at radius 3 is 2.11 bits per heavy atom. The van der Waals surface area contributed by atoms with Gasteiger partial charge in [-0.25, -0.2) is 5.43 Å². The molecule has 0 aromatic rings. The molecule has 0 bridgehead atoms. The fraction of sp³-hybridized carbons (Fsp3) is 0.923. The Morgan fingerprint density at radius 1 is 1.11 bits per heavy atom. The van der Waals surface area contributed by atoms with Crippen LogP contribution in [0.5, 0.6) is 0 Å². The summed E-state index contributed by atoms with van der Waals surface area (Å²) in [6.07, 6.45) is 1.49. The normalized spacial score (nSPS) is 20.0. The molecule has 0 atom stereocenters. The second-order valence-corrected chi connectivity index (χ2v) is 6.29. The van der Waals surface area contributed by atoms with E-state index in [1.54, 1.807) is 0 Å². The number of hydrogen-bond acceptors (Lipinski definition) is 2. The van der Waals surface area contributed by atoms with Crippen molar-refractivity contribution in [1.82, 2.24) is 5.43 Å². The van der Waals surface area contributed by atoms with Crippen molar-refractivity contribution in [2.75, 3.05) is 0 Å². The summed E-state index contributed by atoms with van der Waals surface area (Å²) >= 11 is 0. The number of rotatable bonds is 3. The highest BCUT2D eigenvalue weighted by molar-refractivity contribution is 5.87. The fourth-order valence-electron chi connectivity index (χ4n) is 2.39. The highest BCUT2D eigenvalue weighted by Crippen LogP contribution is 2.30. The monoisotopic (exact) mass is 264 g/mol. The van der Waals surface area contributed by atoms with Gasteiger partial charge in [-0.05, 0) is 30.6 Å². The van der Waals surface area contributed by atoms with Gasteiger partial charge in [0.15, 0.2) is 0 Å². The zero-order chi connectivity index (χ0) is 13.8. The van der Waals surface area contributed by atoms with E-state index in [1.807, 2.05) is 20.8 Å². The van der Waals surface area contributed by atoms with E-state index in [1.165, 1.54) is 11.8 Å². The maximum Gasteiger partial charge on any atom is 0.497 e. The van der Waals surface area contributed by atoms with Gasteiger partial charge in [-0.2, -0.15) is 5.10 Å². The molecule has 0 spiro atoms. The number of alkyl halides is 3. The maximum atomic E-state index is 12.2. The lowest BCUT2D eigenvalue weighted by Gasteiger charge is -2.28. The van der Waals surface area contributed by atoms with Crippen LogP contribution in [-0.4, -0.2) is 12.0 Å². The minimum atomic E-state index is -4.43. The second kappa shape index (κ2) is 5.93. The molecule has 106 valence electrons. The van der Waals surface area contributed by atoms with Gasteiger partial charge in [-0.1, -0.05) is 40.0 Å². The molecule has 0 saturated heterocycles. The van der Waals surface area contributed by atoms with Crippen molar-refractivity contribution in [3.8, 4) is 0 Å². The lowest BCUT2D eigenvalue weighted by Crippen LogP contribution is -2.31. The van der Waals surface area contributed by atoms with Crippen LogP contribution in [0.15, 0.2) is 5.10 Å². The average molecular weight is 264 g/mol. The van der Waals surface area contributed by atoms with Crippen molar-refractivity contribution in [3.05, 3.63) is 0 Å². The molecule has 1 fully saturated rings. The van der Waals surface area contributed by atoms with Crippen LogP contribution in [-0.2, 0) is 0 Å². The van der Waals surface area contributed by atoms with E-state index in [0.29, 0.717) is 12.1 Å². The Kier molecular flexibility index (Phi) is 5.05. The molecule has 1 aliphatic carbocycles. The van der Waals surface area contributed by atoms with E-state index in [2.05, 4.69) is 5.10 Å². The van der Waals surface area contributed by atoms with Gasteiger partial charge in [-0.3, -0.25) is 0 Å². The van der Waals surface area contributed by atoms with Crippen LogP contribution in [0.4, 0.5) is 13.2 Å². The van der Waals surface area contributed by atoms with Gasteiger partial charge in [0, 0.05) is 5.71 Å². The summed E-state index contributed by atoms with van der Waals surface area (Å²) < 4.78 is 36.6. The fourth-order valence-corrected chi connectivity index (χ4v) is 2.39. The summed E-state index contributed by atoms with van der Waals surface area (Å²) in [7, 11) is 0. The van der Waals surface area contributed by atoms with Crippen LogP contribution in [0.2, 0.25) is 0 Å². The first-order valence-electron chi connectivity index (χ1n) is 6.58. The molecule has 0 radical (unpaired) electrons. The molecule has 0 aliphatic heterocycles. The Bertz CT molecular complexity index is 284. The summed E-state index contributed by atoms with van der Waals surface area (Å²) in [6, 6.07) is 0. The van der Waals surface area contributed by atoms with E-state index in [9.17, 15) is 13.2 Å². The first-order valence-corrected chi connectivity index (χ1v) is 6.58. The predicted octanol–water partition coefficient (Wildman–Crippen LogP) is 4.47. The van der Waals surface area contributed by atoms with Crippen molar-refractivity contribution in [2.45, 2.75) is 65.6 Å². The molecule has 18 heavy (non-hydrogen) atoms. The zero-order valence-electron chi connectivity index (χ0n) is 11.4. The van der Waals surface area contributed by atoms with Crippen molar-refractivity contribution in [2.24, 2.45) is 16.4 Å². The first-order chi connectivity index (χ1) is 8.17. The van der Waals surface area contributed by atoms with Crippen molar-refractivity contribution in [1.29, 1.82) is 0 Å². The van der Waals surface area contributed by atoms with Crippen LogP contribution in [0.25, 0.3) is 0 Å². The van der Waals surface area contributed by atoms with Gasteiger partial charge < -0.3 is 0 Å². The van der Waals surface area contributed by atoms with E-state index in [4.69, 9.17) is 0 Å². The summed E-state index contributed by atoms with van der Waals surface area (Å²) in [5, 5.41) is 3.65. The first kappa shape index (κ1) is 15.3. The van der Waals surface area contributed by atoms with Gasteiger partial charge in [0.2, 0.25) is 0 Å². The summed E-state index contributed by atoms with van der Waals surface area (Å²) in [4.78, 5) is 0. The molecule has 0 aromatic heterocycles. The van der Waals surface area contributed by atoms with Crippen LogP contribution in [0.3, 0.4) is 0 Å². The molecule has 1 saturated carbocycles. The number of nitrogens with one attached hydrogen (secondary N) is 1. The minimum absolute atomic E-state index is 0.0381. The summed E-state index contributed by atoms with van der Waals surface area (Å²) in [5.41, 5.74) is 1.97. The van der Waals surface area contributed by atoms with E-state index < -0.39 is 6.30 Å². The van der Waals surface area contributed by atoms with Gasteiger partial charge >= 0.3 is 6.30 Å². The molecule has 0 amide bonds. The lowest BCUT2D eigenvalue weighted by atomic mass is 9.79. The van der Waals surface area contributed by atoms with E-state index in [0.717, 1.165) is 25.7 Å². The van der Waals surface area contributed by atoms with Crippen LogP contribution < -0.4 is 5.43 Å². The summed E-state index contributed by atoms with van der Waals surface area (Å²) in [5.74, 6) is 0.216. The minimum Gasteiger partial charge on any atom is -0.218 e. The Hall–Kier alpha value is -0.740. The topological polar surface area (TPSA) is 24.4 Å². The van der Waals surface area contributed by atoms with Crippen LogP contribution in [0.1, 0.15) is 59.3 Å². The molecule has 2 nitrogen and oxygen atoms in total. The molecule has 0 aromatic carbocycles. The predicted molar refractivity (Wildman–Crippen MR) is 67.3 cm³/mol. The molecular formula is C13H23F3N2.